The second-order valence-electron chi connectivity index (χ2n) is 19.1. The van der Waals surface area contributed by atoms with Crippen LogP contribution in [0.3, 0.4) is 0 Å². The Morgan fingerprint density at radius 3 is 1.70 bits per heavy atom. The van der Waals surface area contributed by atoms with E-state index >= 15 is 0 Å². The van der Waals surface area contributed by atoms with Crippen LogP contribution in [0.1, 0.15) is 130 Å². The molecule has 4 amide bonds. The Balaban J connectivity index is 0.797. The first-order valence-corrected chi connectivity index (χ1v) is 23.6. The number of carbonyl (C=O) groups excluding carboxylic acids is 3. The van der Waals surface area contributed by atoms with Gasteiger partial charge in [-0.15, -0.1) is 0 Å². The molecule has 2 N–H and O–H groups in total. The molecule has 0 spiro atoms. The van der Waals surface area contributed by atoms with Gasteiger partial charge >= 0.3 is 6.03 Å². The summed E-state index contributed by atoms with van der Waals surface area (Å²) >= 11 is 0. The lowest BCUT2D eigenvalue weighted by Crippen LogP contribution is -2.42. The Morgan fingerprint density at radius 2 is 1.14 bits per heavy atom. The molecule has 8 unspecified atom stereocenters. The maximum absolute atomic E-state index is 14.3. The number of benzene rings is 4. The number of hydrogen-bond acceptors (Lipinski definition) is 5. The second-order valence-corrected chi connectivity index (χ2v) is 19.1. The highest BCUT2D eigenvalue weighted by atomic mass is 16.2. The molecule has 2 aromatic heterocycles. The first kappa shape index (κ1) is 39.8. The zero-order valence-corrected chi connectivity index (χ0v) is 36.5. The molecule has 3 saturated heterocycles. The molecule has 8 atom stereocenters. The lowest BCUT2D eigenvalue weighted by Gasteiger charge is -2.35. The number of H-pyrrole nitrogens is 2. The number of hydrogen-bond donors (Lipinski definition) is 2. The molecule has 0 bridgehead atoms. The van der Waals surface area contributed by atoms with Gasteiger partial charge in [0.05, 0.1) is 46.0 Å². The van der Waals surface area contributed by atoms with E-state index in [1.54, 1.807) is 0 Å². The van der Waals surface area contributed by atoms with E-state index in [4.69, 9.17) is 9.97 Å². The number of amides is 4. The maximum atomic E-state index is 14.3. The smallest absolute Gasteiger partial charge is 0.324 e. The van der Waals surface area contributed by atoms with E-state index in [1.807, 2.05) is 84.3 Å². The first-order valence-electron chi connectivity index (χ1n) is 23.6. The fourth-order valence-corrected chi connectivity index (χ4v) is 12.1. The van der Waals surface area contributed by atoms with E-state index in [0.29, 0.717) is 31.5 Å². The molecular weight excluding hydrogens is 785 g/mol. The minimum atomic E-state index is -0.230. The fourth-order valence-electron chi connectivity index (χ4n) is 12.1. The van der Waals surface area contributed by atoms with Crippen molar-refractivity contribution in [3.63, 3.8) is 0 Å². The summed E-state index contributed by atoms with van der Waals surface area (Å²) in [6.45, 7) is 5.75. The van der Waals surface area contributed by atoms with Crippen LogP contribution in [0.25, 0.3) is 22.1 Å². The van der Waals surface area contributed by atoms with Crippen LogP contribution in [-0.2, 0) is 16.1 Å². The van der Waals surface area contributed by atoms with Gasteiger partial charge in [-0.25, -0.2) is 14.8 Å². The van der Waals surface area contributed by atoms with Gasteiger partial charge in [0.2, 0.25) is 11.8 Å². The van der Waals surface area contributed by atoms with E-state index in [1.165, 1.54) is 12.8 Å². The molecule has 0 radical (unpaired) electrons. The molecule has 11 rings (SSSR count). The van der Waals surface area contributed by atoms with Gasteiger partial charge in [-0.2, -0.15) is 0 Å². The van der Waals surface area contributed by atoms with Crippen LogP contribution < -0.4 is 4.90 Å². The van der Waals surface area contributed by atoms with Gasteiger partial charge in [0.25, 0.3) is 0 Å². The summed E-state index contributed by atoms with van der Waals surface area (Å²) in [6, 6.07) is 32.8. The monoisotopic (exact) mass is 842 g/mol. The van der Waals surface area contributed by atoms with Crippen molar-refractivity contribution in [2.24, 2.45) is 11.8 Å². The predicted molar refractivity (Wildman–Crippen MR) is 245 cm³/mol. The van der Waals surface area contributed by atoms with Crippen LogP contribution in [-0.4, -0.2) is 77.7 Å². The summed E-state index contributed by atoms with van der Waals surface area (Å²) in [5.74, 6) is 2.58. The average Bonchev–Trinajstić information content (AvgIpc) is 4.17. The highest BCUT2D eigenvalue weighted by Crippen LogP contribution is 2.49. The van der Waals surface area contributed by atoms with Gasteiger partial charge in [-0.3, -0.25) is 14.5 Å². The number of aromatic amines is 2. The van der Waals surface area contributed by atoms with E-state index < -0.39 is 0 Å². The molecule has 11 heteroatoms. The first-order chi connectivity index (χ1) is 30.8. The summed E-state index contributed by atoms with van der Waals surface area (Å²) in [5, 5.41) is 0. The molecule has 63 heavy (non-hydrogen) atoms. The SMILES string of the molecule is CC(C(=O)N1C(c2nc3ccc(CN4CCN(c5ccc6nc(C7CC8CCCCC8N7C(=O)C(C)c7ccccc7)[nH]c6c5)C4=O)cc3[nH]2)CC2CCCCC21)c1ccccc1. The van der Waals surface area contributed by atoms with Crippen molar-refractivity contribution in [1.29, 1.82) is 0 Å². The zero-order valence-electron chi connectivity index (χ0n) is 36.5. The van der Waals surface area contributed by atoms with Crippen LogP contribution in [0, 0.1) is 11.8 Å². The third kappa shape index (κ3) is 7.17. The van der Waals surface area contributed by atoms with E-state index in [0.717, 1.165) is 107 Å². The Labute approximate surface area is 369 Å². The molecule has 324 valence electrons. The Morgan fingerprint density at radius 1 is 0.635 bits per heavy atom. The number of urea groups is 1. The number of anilines is 1. The fraction of sp³-hybridized carbons (Fsp3) is 0.442. The molecule has 4 aromatic carbocycles. The van der Waals surface area contributed by atoms with Gasteiger partial charge in [-0.05, 0) is 111 Å². The molecule has 2 aliphatic carbocycles. The van der Waals surface area contributed by atoms with Crippen molar-refractivity contribution < 1.29 is 14.4 Å². The van der Waals surface area contributed by atoms with Gasteiger partial charge in [0.1, 0.15) is 11.6 Å². The van der Waals surface area contributed by atoms with E-state index in [-0.39, 0.29) is 53.8 Å². The average molecular weight is 843 g/mol. The number of nitrogens with zero attached hydrogens (tertiary/aromatic N) is 6. The quantitative estimate of drug-likeness (QED) is 0.150. The van der Waals surface area contributed by atoms with Gasteiger partial charge in [0, 0.05) is 37.4 Å². The molecule has 3 aliphatic heterocycles. The minimum absolute atomic E-state index is 0.0266. The number of nitrogens with one attached hydrogen (secondary N) is 2. The summed E-state index contributed by atoms with van der Waals surface area (Å²) in [4.78, 5) is 68.2. The summed E-state index contributed by atoms with van der Waals surface area (Å²) in [6.07, 6.45) is 11.0. The molecule has 6 aromatic rings. The van der Waals surface area contributed by atoms with Crippen molar-refractivity contribution in [2.75, 3.05) is 18.0 Å². The van der Waals surface area contributed by atoms with Crippen molar-refractivity contribution in [3.05, 3.63) is 125 Å². The number of likely N-dealkylation sites (tertiary alicyclic amines) is 2. The number of imidazole rings is 2. The zero-order chi connectivity index (χ0) is 42.8. The highest BCUT2D eigenvalue weighted by molar-refractivity contribution is 5.96. The van der Waals surface area contributed by atoms with Crippen LogP contribution in [0.15, 0.2) is 97.1 Å². The topological polar surface area (TPSA) is 122 Å². The minimum Gasteiger partial charge on any atom is -0.340 e. The van der Waals surface area contributed by atoms with E-state index in [9.17, 15) is 14.4 Å². The van der Waals surface area contributed by atoms with Gasteiger partial charge < -0.3 is 24.7 Å². The Kier molecular flexibility index (Phi) is 10.3. The van der Waals surface area contributed by atoms with Gasteiger partial charge in [0.15, 0.2) is 0 Å². The summed E-state index contributed by atoms with van der Waals surface area (Å²) in [5.41, 5.74) is 7.49. The third-order valence-corrected chi connectivity index (χ3v) is 15.5. The van der Waals surface area contributed by atoms with Crippen molar-refractivity contribution in [2.45, 2.75) is 121 Å². The second kappa shape index (κ2) is 16.3. The molecule has 5 fully saturated rings. The predicted octanol–water partition coefficient (Wildman–Crippen LogP) is 10.2. The Hall–Kier alpha value is -5.97. The van der Waals surface area contributed by atoms with Crippen molar-refractivity contribution >= 4 is 45.6 Å². The van der Waals surface area contributed by atoms with Crippen molar-refractivity contribution in [1.82, 2.24) is 34.6 Å². The van der Waals surface area contributed by atoms with Crippen LogP contribution in [0.2, 0.25) is 0 Å². The van der Waals surface area contributed by atoms with E-state index in [2.05, 4.69) is 56.2 Å². The van der Waals surface area contributed by atoms with Crippen molar-refractivity contribution in [3.8, 4) is 0 Å². The van der Waals surface area contributed by atoms with Gasteiger partial charge in [-0.1, -0.05) is 92.4 Å². The Bertz CT molecular complexity index is 2660. The normalized spacial score (nSPS) is 25.8. The lowest BCUT2D eigenvalue weighted by atomic mass is 9.84. The molecule has 11 nitrogen and oxygen atoms in total. The molecule has 5 heterocycles. The third-order valence-electron chi connectivity index (χ3n) is 15.5. The number of rotatable bonds is 9. The number of aromatic nitrogens is 4. The summed E-state index contributed by atoms with van der Waals surface area (Å²) < 4.78 is 0. The van der Waals surface area contributed by atoms with Crippen LogP contribution >= 0.6 is 0 Å². The molecule has 5 aliphatic rings. The highest BCUT2D eigenvalue weighted by Gasteiger charge is 2.49. The summed E-state index contributed by atoms with van der Waals surface area (Å²) in [7, 11) is 0. The number of fused-ring (bicyclic) bond motifs is 4. The molecule has 2 saturated carbocycles. The molecular formula is C52H58N8O3. The maximum Gasteiger partial charge on any atom is 0.324 e. The number of carbonyl (C=O) groups is 3. The lowest BCUT2D eigenvalue weighted by molar-refractivity contribution is -0.137. The largest absolute Gasteiger partial charge is 0.340 e. The van der Waals surface area contributed by atoms with Crippen LogP contribution in [0.5, 0.6) is 0 Å². The van der Waals surface area contributed by atoms with Crippen LogP contribution in [0.4, 0.5) is 10.5 Å². The standard InChI is InChI=1S/C52H58N8O3/c1-32(35-13-5-3-6-14-35)50(61)59-44-19-11-9-17-37(44)28-46(59)48-53-40-23-21-34(27-42(40)55-48)31-57-25-26-58(52(57)63)39-22-24-41-43(30-39)56-49(54-41)47-29-38-18-10-12-20-45(38)60(47)51(62)33(2)36-15-7-4-8-16-36/h3-8,13-16,21-24,27,30,32-33,37-38,44-47H,9-12,17-20,25-26,28-29,31H2,1-2H3,(H,53,55)(H,54,56).